The molecule has 1 N–H and O–H groups in total. The molecule has 2 amide bonds. The Morgan fingerprint density at radius 1 is 1.34 bits per heavy atom. The van der Waals surface area contributed by atoms with E-state index >= 15 is 0 Å². The summed E-state index contributed by atoms with van der Waals surface area (Å²) in [5.41, 5.74) is 0. The van der Waals surface area contributed by atoms with Gasteiger partial charge >= 0.3 is 0 Å². The average molecular weight is 505 g/mol. The number of para-hydroxylation sites is 1. The number of amides is 2. The molecule has 2 atom stereocenters. The highest BCUT2D eigenvalue weighted by Gasteiger charge is 2.35. The number of ether oxygens (including phenoxy) is 4. The highest BCUT2D eigenvalue weighted by Crippen LogP contribution is 2.28. The third kappa shape index (κ3) is 6.40. The summed E-state index contributed by atoms with van der Waals surface area (Å²) in [6.07, 6.45) is 3.31. The molecule has 35 heavy (non-hydrogen) atoms. The van der Waals surface area contributed by atoms with Crippen molar-refractivity contribution in [1.82, 2.24) is 14.7 Å². The summed E-state index contributed by atoms with van der Waals surface area (Å²) < 4.78 is 24.1. The number of carbonyl (C=O) groups is 2. The number of anilines is 1. The third-order valence-electron chi connectivity index (χ3n) is 5.60. The third-order valence-corrected chi connectivity index (χ3v) is 5.91. The van der Waals surface area contributed by atoms with Crippen LogP contribution in [0.5, 0.6) is 5.75 Å². The van der Waals surface area contributed by atoms with Gasteiger partial charge in [0.05, 0.1) is 24.7 Å². The first-order valence-corrected chi connectivity index (χ1v) is 11.7. The van der Waals surface area contributed by atoms with E-state index in [0.717, 1.165) is 0 Å². The fourth-order valence-electron chi connectivity index (χ4n) is 3.97. The van der Waals surface area contributed by atoms with Crippen LogP contribution in [0.4, 0.5) is 5.82 Å². The molecule has 1 aromatic carbocycles. The first-order chi connectivity index (χ1) is 16.7. The van der Waals surface area contributed by atoms with Crippen molar-refractivity contribution in [3.05, 3.63) is 53.4 Å². The highest BCUT2D eigenvalue weighted by molar-refractivity contribution is 6.32. The maximum absolute atomic E-state index is 13.2. The Labute approximate surface area is 208 Å². The normalized spacial score (nSPS) is 20.1. The molecule has 2 aromatic rings. The average Bonchev–Trinajstić information content (AvgIpc) is 3.49. The molecule has 188 valence electrons. The summed E-state index contributed by atoms with van der Waals surface area (Å²) >= 11 is 6.16. The van der Waals surface area contributed by atoms with Crippen molar-refractivity contribution < 1.29 is 28.5 Å². The van der Waals surface area contributed by atoms with Crippen molar-refractivity contribution in [2.24, 2.45) is 0 Å². The quantitative estimate of drug-likeness (QED) is 0.530. The number of nitrogens with one attached hydrogen (secondary N) is 1. The van der Waals surface area contributed by atoms with E-state index in [2.05, 4.69) is 10.4 Å². The second kappa shape index (κ2) is 10.8. The van der Waals surface area contributed by atoms with Gasteiger partial charge in [0.2, 0.25) is 5.91 Å². The van der Waals surface area contributed by atoms with Gasteiger partial charge in [-0.1, -0.05) is 23.7 Å². The lowest BCUT2D eigenvalue weighted by Gasteiger charge is -2.26. The first kappa shape index (κ1) is 25.2. The first-order valence-electron chi connectivity index (χ1n) is 11.3. The number of hydrogen-bond donors (Lipinski definition) is 1. The summed E-state index contributed by atoms with van der Waals surface area (Å²) in [6.45, 7) is 5.11. The smallest absolute Gasteiger partial charge is 0.251 e. The van der Waals surface area contributed by atoms with Crippen LogP contribution < -0.4 is 10.1 Å². The number of carbonyl (C=O) groups excluding carboxylic acids is 2. The molecule has 3 heterocycles. The van der Waals surface area contributed by atoms with Gasteiger partial charge in [0.25, 0.3) is 5.91 Å². The molecule has 4 rings (SSSR count). The molecule has 11 heteroatoms. The van der Waals surface area contributed by atoms with Crippen molar-refractivity contribution in [2.45, 2.75) is 44.7 Å². The molecular formula is C24H29ClN4O6. The number of halogens is 1. The number of benzene rings is 1. The van der Waals surface area contributed by atoms with E-state index in [9.17, 15) is 9.59 Å². The SMILES string of the molecule is COCC[C@@H](C(=O)Nc1ccn(C[C@@H]2COC(C)(C)O2)n1)N1CC(Oc2ccccc2Cl)=CC1=O. The number of hydrogen-bond acceptors (Lipinski definition) is 7. The molecule has 0 spiro atoms. The van der Waals surface area contributed by atoms with Crippen LogP contribution in [0.25, 0.3) is 0 Å². The Balaban J connectivity index is 1.38. The Morgan fingerprint density at radius 3 is 2.86 bits per heavy atom. The molecular weight excluding hydrogens is 476 g/mol. The lowest BCUT2D eigenvalue weighted by molar-refractivity contribution is -0.139. The molecule has 1 aromatic heterocycles. The molecule has 0 radical (unpaired) electrons. The van der Waals surface area contributed by atoms with Gasteiger partial charge in [-0.25, -0.2) is 0 Å². The second-order valence-electron chi connectivity index (χ2n) is 8.77. The van der Waals surface area contributed by atoms with Crippen LogP contribution in [-0.2, 0) is 30.3 Å². The Kier molecular flexibility index (Phi) is 7.75. The van der Waals surface area contributed by atoms with Gasteiger partial charge in [-0.15, -0.1) is 0 Å². The van der Waals surface area contributed by atoms with Crippen LogP contribution in [0.1, 0.15) is 20.3 Å². The summed E-state index contributed by atoms with van der Waals surface area (Å²) in [5, 5.41) is 7.65. The fourth-order valence-corrected chi connectivity index (χ4v) is 4.14. The van der Waals surface area contributed by atoms with E-state index in [-0.39, 0.29) is 24.5 Å². The molecule has 0 saturated carbocycles. The second-order valence-corrected chi connectivity index (χ2v) is 9.18. The molecule has 1 saturated heterocycles. The predicted octanol–water partition coefficient (Wildman–Crippen LogP) is 2.84. The zero-order valence-corrected chi connectivity index (χ0v) is 20.7. The Morgan fingerprint density at radius 2 is 2.14 bits per heavy atom. The summed E-state index contributed by atoms with van der Waals surface area (Å²) in [5.74, 6) is -0.0799. The molecule has 10 nitrogen and oxygen atoms in total. The predicted molar refractivity (Wildman–Crippen MR) is 128 cm³/mol. The van der Waals surface area contributed by atoms with Gasteiger partial charge in [-0.2, -0.15) is 5.10 Å². The molecule has 0 unspecified atom stereocenters. The minimum absolute atomic E-state index is 0.132. The van der Waals surface area contributed by atoms with Crippen LogP contribution in [0.3, 0.4) is 0 Å². The standard InChI is InChI=1S/C24H29ClN4O6/c1-24(2)33-15-17(35-24)13-28-10-8-21(27-28)26-23(31)19(9-11-32-3)29-14-16(12-22(29)30)34-20-7-5-4-6-18(20)25/h4-8,10,12,17,19H,9,11,13-15H2,1-3H3,(H,26,27,31)/t17-,19+/m1/s1. The van der Waals surface area contributed by atoms with Crippen LogP contribution in [0, 0.1) is 0 Å². The number of nitrogens with zero attached hydrogens (tertiary/aromatic N) is 3. The monoisotopic (exact) mass is 504 g/mol. The molecule has 2 aliphatic rings. The molecule has 1 fully saturated rings. The van der Waals surface area contributed by atoms with Crippen LogP contribution in [0.15, 0.2) is 48.4 Å². The van der Waals surface area contributed by atoms with E-state index in [0.29, 0.717) is 48.5 Å². The lowest BCUT2D eigenvalue weighted by Crippen LogP contribution is -2.46. The Hall–Kier alpha value is -2.92. The topological polar surface area (TPSA) is 104 Å². The maximum Gasteiger partial charge on any atom is 0.251 e. The highest BCUT2D eigenvalue weighted by atomic mass is 35.5. The molecule has 0 bridgehead atoms. The summed E-state index contributed by atoms with van der Waals surface area (Å²) in [4.78, 5) is 27.4. The molecule has 2 aliphatic heterocycles. The van der Waals surface area contributed by atoms with Gasteiger partial charge < -0.3 is 29.2 Å². The van der Waals surface area contributed by atoms with Crippen molar-refractivity contribution in [1.29, 1.82) is 0 Å². The lowest BCUT2D eigenvalue weighted by atomic mass is 10.1. The Bertz CT molecular complexity index is 1100. The summed E-state index contributed by atoms with van der Waals surface area (Å²) in [6, 6.07) is 7.91. The van der Waals surface area contributed by atoms with Crippen molar-refractivity contribution in [2.75, 3.05) is 32.2 Å². The van der Waals surface area contributed by atoms with Crippen LogP contribution >= 0.6 is 11.6 Å². The van der Waals surface area contributed by atoms with E-state index < -0.39 is 11.8 Å². The van der Waals surface area contributed by atoms with Crippen molar-refractivity contribution >= 4 is 29.2 Å². The van der Waals surface area contributed by atoms with E-state index in [1.54, 1.807) is 48.3 Å². The number of rotatable bonds is 10. The molecule has 0 aliphatic carbocycles. The van der Waals surface area contributed by atoms with E-state index in [4.69, 9.17) is 30.5 Å². The van der Waals surface area contributed by atoms with Gasteiger partial charge in [-0.05, 0) is 26.0 Å². The van der Waals surface area contributed by atoms with Gasteiger partial charge in [0.15, 0.2) is 11.6 Å². The van der Waals surface area contributed by atoms with Gasteiger partial charge in [0, 0.05) is 38.5 Å². The van der Waals surface area contributed by atoms with Crippen LogP contribution in [-0.4, -0.2) is 71.3 Å². The van der Waals surface area contributed by atoms with Crippen LogP contribution in [0.2, 0.25) is 5.02 Å². The number of aromatic nitrogens is 2. The van der Waals surface area contributed by atoms with Crippen molar-refractivity contribution in [3.8, 4) is 5.75 Å². The maximum atomic E-state index is 13.2. The summed E-state index contributed by atoms with van der Waals surface area (Å²) in [7, 11) is 1.54. The minimum atomic E-state index is -0.774. The minimum Gasteiger partial charge on any atom is -0.458 e. The fraction of sp³-hybridized carbons (Fsp3) is 0.458. The van der Waals surface area contributed by atoms with E-state index in [1.165, 1.54) is 11.0 Å². The number of methoxy groups -OCH3 is 1. The largest absolute Gasteiger partial charge is 0.458 e. The van der Waals surface area contributed by atoms with Crippen molar-refractivity contribution in [3.63, 3.8) is 0 Å². The van der Waals surface area contributed by atoms with E-state index in [1.807, 2.05) is 13.8 Å². The van der Waals surface area contributed by atoms with Gasteiger partial charge in [0.1, 0.15) is 23.7 Å². The zero-order chi connectivity index (χ0) is 25.0. The zero-order valence-electron chi connectivity index (χ0n) is 19.9. The van der Waals surface area contributed by atoms with Gasteiger partial charge in [-0.3, -0.25) is 14.3 Å².